The van der Waals surface area contributed by atoms with E-state index in [9.17, 15) is 0 Å². The molecule has 0 spiro atoms. The van der Waals surface area contributed by atoms with Gasteiger partial charge in [0.2, 0.25) is 5.89 Å². The lowest BCUT2D eigenvalue weighted by atomic mass is 9.89. The second-order valence-corrected chi connectivity index (χ2v) is 12.0. The van der Waals surface area contributed by atoms with Gasteiger partial charge in [0.25, 0.3) is 0 Å². The van der Waals surface area contributed by atoms with Crippen molar-refractivity contribution in [2.75, 3.05) is 0 Å². The van der Waals surface area contributed by atoms with Crippen LogP contribution in [0.2, 0.25) is 0 Å². The number of oxazole rings is 1. The zero-order valence-corrected chi connectivity index (χ0v) is 26.5. The minimum atomic E-state index is 0.622. The molecule has 0 aliphatic rings. The molecular weight excluding hydrogens is 599 g/mol. The van der Waals surface area contributed by atoms with Crippen LogP contribution in [0.25, 0.3) is 89.5 Å². The van der Waals surface area contributed by atoms with Gasteiger partial charge in [0.1, 0.15) is 5.52 Å². The normalized spacial score (nSPS) is 11.3. The molecule has 0 N–H and O–H groups in total. The summed E-state index contributed by atoms with van der Waals surface area (Å²) in [6.07, 6.45) is 0. The highest BCUT2D eigenvalue weighted by molar-refractivity contribution is 6.05. The second kappa shape index (κ2) is 12.2. The molecule has 49 heavy (non-hydrogen) atoms. The lowest BCUT2D eigenvalue weighted by Gasteiger charge is -2.15. The zero-order valence-electron chi connectivity index (χ0n) is 26.5. The highest BCUT2D eigenvalue weighted by atomic mass is 16.3. The Morgan fingerprint density at radius 2 is 0.959 bits per heavy atom. The predicted molar refractivity (Wildman–Crippen MR) is 200 cm³/mol. The molecule has 7 aromatic carbocycles. The number of hydrogen-bond acceptors (Lipinski definition) is 4. The summed E-state index contributed by atoms with van der Waals surface area (Å²) in [6, 6.07) is 60.5. The van der Waals surface area contributed by atoms with Crippen LogP contribution in [-0.2, 0) is 0 Å². The SMILES string of the molecule is c1ccc(-c2cc(-c3ccc(-c4ccc5ccccc5c4-c4ccc5nc(-c6ccccc6)oc5c4)cc3)nc(-c3ccccc3)n2)cc1. The van der Waals surface area contributed by atoms with Gasteiger partial charge < -0.3 is 4.42 Å². The standard InChI is InChI=1S/C45H29N3O/c1-4-13-32(14-5-1)40-29-41(47-44(46-40)34-15-6-2-7-16-34)33-22-20-31(21-23-33)38-26-24-30-12-10-11-19-37(30)43(38)36-25-27-39-42(28-36)49-45(48-39)35-17-8-3-9-18-35/h1-29H. The number of nitrogens with zero attached hydrogens (tertiary/aromatic N) is 3. The van der Waals surface area contributed by atoms with Crippen LogP contribution < -0.4 is 0 Å². The summed E-state index contributed by atoms with van der Waals surface area (Å²) in [7, 11) is 0. The minimum Gasteiger partial charge on any atom is -0.436 e. The number of rotatable bonds is 6. The molecule has 230 valence electrons. The van der Waals surface area contributed by atoms with Crippen LogP contribution in [0.3, 0.4) is 0 Å². The van der Waals surface area contributed by atoms with Crippen molar-refractivity contribution >= 4 is 21.9 Å². The van der Waals surface area contributed by atoms with Gasteiger partial charge >= 0.3 is 0 Å². The third kappa shape index (κ3) is 5.45. The lowest BCUT2D eigenvalue weighted by molar-refractivity contribution is 0.620. The Morgan fingerprint density at radius 1 is 0.388 bits per heavy atom. The van der Waals surface area contributed by atoms with Crippen LogP contribution in [0.1, 0.15) is 0 Å². The lowest BCUT2D eigenvalue weighted by Crippen LogP contribution is -1.96. The van der Waals surface area contributed by atoms with Crippen molar-refractivity contribution in [3.63, 3.8) is 0 Å². The van der Waals surface area contributed by atoms with Crippen LogP contribution in [0.4, 0.5) is 0 Å². The maximum absolute atomic E-state index is 6.30. The van der Waals surface area contributed by atoms with E-state index in [0.717, 1.165) is 67.0 Å². The summed E-state index contributed by atoms with van der Waals surface area (Å²) < 4.78 is 6.30. The number of aromatic nitrogens is 3. The summed E-state index contributed by atoms with van der Waals surface area (Å²) >= 11 is 0. The molecule has 9 rings (SSSR count). The third-order valence-electron chi connectivity index (χ3n) is 8.95. The van der Waals surface area contributed by atoms with Crippen LogP contribution in [0.5, 0.6) is 0 Å². The van der Waals surface area contributed by atoms with Gasteiger partial charge in [-0.2, -0.15) is 0 Å². The van der Waals surface area contributed by atoms with Crippen LogP contribution >= 0.6 is 0 Å². The molecular formula is C45H29N3O. The Labute approximate surface area is 284 Å². The Kier molecular flexibility index (Phi) is 7.10. The van der Waals surface area contributed by atoms with Crippen molar-refractivity contribution in [1.29, 1.82) is 0 Å². The van der Waals surface area contributed by atoms with Crippen LogP contribution in [0.15, 0.2) is 180 Å². The smallest absolute Gasteiger partial charge is 0.227 e. The van der Waals surface area contributed by atoms with Crippen molar-refractivity contribution in [3.8, 4) is 67.6 Å². The highest BCUT2D eigenvalue weighted by Crippen LogP contribution is 2.40. The number of benzene rings is 7. The summed E-state index contributed by atoms with van der Waals surface area (Å²) in [5.74, 6) is 1.33. The molecule has 0 atom stereocenters. The molecule has 0 aliphatic carbocycles. The van der Waals surface area contributed by atoms with Crippen molar-refractivity contribution in [3.05, 3.63) is 176 Å². The molecule has 0 radical (unpaired) electrons. The van der Waals surface area contributed by atoms with Crippen molar-refractivity contribution in [1.82, 2.24) is 15.0 Å². The summed E-state index contributed by atoms with van der Waals surface area (Å²) in [5, 5.41) is 2.37. The monoisotopic (exact) mass is 627 g/mol. The Balaban J connectivity index is 1.15. The van der Waals surface area contributed by atoms with Gasteiger partial charge in [0.15, 0.2) is 11.4 Å². The first-order valence-corrected chi connectivity index (χ1v) is 16.4. The molecule has 9 aromatic rings. The fourth-order valence-electron chi connectivity index (χ4n) is 6.50. The number of hydrogen-bond donors (Lipinski definition) is 0. The zero-order chi connectivity index (χ0) is 32.6. The van der Waals surface area contributed by atoms with E-state index in [-0.39, 0.29) is 0 Å². The van der Waals surface area contributed by atoms with E-state index >= 15 is 0 Å². The summed E-state index contributed by atoms with van der Waals surface area (Å²) in [4.78, 5) is 14.8. The first kappa shape index (κ1) is 28.6. The van der Waals surface area contributed by atoms with E-state index in [1.165, 1.54) is 10.8 Å². The van der Waals surface area contributed by atoms with E-state index in [4.69, 9.17) is 19.4 Å². The Bertz CT molecular complexity index is 2520. The molecule has 2 heterocycles. The largest absolute Gasteiger partial charge is 0.436 e. The van der Waals surface area contributed by atoms with Crippen molar-refractivity contribution in [2.24, 2.45) is 0 Å². The molecule has 0 fully saturated rings. The molecule has 0 saturated carbocycles. The quantitative estimate of drug-likeness (QED) is 0.184. The topological polar surface area (TPSA) is 51.8 Å². The molecule has 0 aliphatic heterocycles. The molecule has 4 nitrogen and oxygen atoms in total. The van der Waals surface area contributed by atoms with E-state index in [0.29, 0.717) is 11.7 Å². The maximum Gasteiger partial charge on any atom is 0.227 e. The molecule has 0 unspecified atom stereocenters. The van der Waals surface area contributed by atoms with E-state index in [2.05, 4.69) is 109 Å². The van der Waals surface area contributed by atoms with Crippen molar-refractivity contribution < 1.29 is 4.42 Å². The van der Waals surface area contributed by atoms with E-state index in [1.54, 1.807) is 0 Å². The highest BCUT2D eigenvalue weighted by Gasteiger charge is 2.16. The van der Waals surface area contributed by atoms with Gasteiger partial charge in [-0.05, 0) is 63.4 Å². The molecule has 0 amide bonds. The van der Waals surface area contributed by atoms with Gasteiger partial charge in [-0.3, -0.25) is 0 Å². The Hall–Kier alpha value is -6.65. The first-order valence-electron chi connectivity index (χ1n) is 16.4. The van der Waals surface area contributed by atoms with Crippen LogP contribution in [-0.4, -0.2) is 15.0 Å². The summed E-state index contributed by atoms with van der Waals surface area (Å²) in [6.45, 7) is 0. The molecule has 0 saturated heterocycles. The van der Waals surface area contributed by atoms with E-state index in [1.807, 2.05) is 66.7 Å². The van der Waals surface area contributed by atoms with E-state index < -0.39 is 0 Å². The third-order valence-corrected chi connectivity index (χ3v) is 8.95. The fraction of sp³-hybridized carbons (Fsp3) is 0. The first-order chi connectivity index (χ1) is 24.3. The predicted octanol–water partition coefficient (Wildman–Crippen LogP) is 11.8. The van der Waals surface area contributed by atoms with Gasteiger partial charge in [0, 0.05) is 22.3 Å². The number of fused-ring (bicyclic) bond motifs is 2. The van der Waals surface area contributed by atoms with Crippen LogP contribution in [0, 0.1) is 0 Å². The average Bonchev–Trinajstić information content (AvgIpc) is 3.62. The fourth-order valence-corrected chi connectivity index (χ4v) is 6.50. The van der Waals surface area contributed by atoms with Gasteiger partial charge in [-0.15, -0.1) is 0 Å². The Morgan fingerprint density at radius 3 is 1.67 bits per heavy atom. The van der Waals surface area contributed by atoms with Gasteiger partial charge in [-0.1, -0.05) is 146 Å². The van der Waals surface area contributed by atoms with Gasteiger partial charge in [-0.25, -0.2) is 15.0 Å². The average molecular weight is 628 g/mol. The molecule has 4 heteroatoms. The summed E-state index contributed by atoms with van der Waals surface area (Å²) in [5.41, 5.74) is 11.9. The minimum absolute atomic E-state index is 0.622. The molecule has 2 aromatic heterocycles. The van der Waals surface area contributed by atoms with Gasteiger partial charge in [0.05, 0.1) is 11.4 Å². The van der Waals surface area contributed by atoms with Crippen molar-refractivity contribution in [2.45, 2.75) is 0 Å². The molecule has 0 bridgehead atoms. The second-order valence-electron chi connectivity index (χ2n) is 12.0. The maximum atomic E-state index is 6.30.